The van der Waals surface area contributed by atoms with Gasteiger partial charge in [-0.3, -0.25) is 14.6 Å². The zero-order valence-electron chi connectivity index (χ0n) is 23.8. The van der Waals surface area contributed by atoms with Crippen molar-refractivity contribution in [2.45, 2.75) is 0 Å². The van der Waals surface area contributed by atoms with Gasteiger partial charge in [-0.2, -0.15) is 0 Å². The summed E-state index contributed by atoms with van der Waals surface area (Å²) in [7, 11) is 2.13. The van der Waals surface area contributed by atoms with Gasteiger partial charge in [-0.05, 0) is 61.6 Å². The Balaban J connectivity index is 1.18. The van der Waals surface area contributed by atoms with Crippen molar-refractivity contribution < 1.29 is 19.1 Å². The molecule has 1 saturated heterocycles. The maximum atomic E-state index is 14.2. The molecular formula is C34H29ClFN5O3. The van der Waals surface area contributed by atoms with Gasteiger partial charge in [0.2, 0.25) is 0 Å². The van der Waals surface area contributed by atoms with E-state index in [-0.39, 0.29) is 22.2 Å². The summed E-state index contributed by atoms with van der Waals surface area (Å²) in [5.41, 5.74) is 3.73. The van der Waals surface area contributed by atoms with Crippen LogP contribution in [0, 0.1) is 5.82 Å². The summed E-state index contributed by atoms with van der Waals surface area (Å²) in [6.45, 7) is 4.04. The summed E-state index contributed by atoms with van der Waals surface area (Å²) in [4.78, 5) is 38.2. The lowest BCUT2D eigenvalue weighted by molar-refractivity contribution is 0.101. The number of piperazine rings is 1. The number of aromatic amines is 1. The number of aliphatic imine (C=N–C) groups is 1. The zero-order chi connectivity index (χ0) is 30.8. The summed E-state index contributed by atoms with van der Waals surface area (Å²) < 4.78 is 14.2. The number of ketones is 1. The molecule has 222 valence electrons. The molecule has 3 N–H and O–H groups in total. The fourth-order valence-electron chi connectivity index (χ4n) is 5.24. The first-order valence-electron chi connectivity index (χ1n) is 14.1. The van der Waals surface area contributed by atoms with Crippen molar-refractivity contribution in [2.24, 2.45) is 4.99 Å². The molecule has 0 radical (unpaired) electrons. The second-order valence-electron chi connectivity index (χ2n) is 10.7. The second kappa shape index (κ2) is 12.3. The largest absolute Gasteiger partial charge is 0.494 e. The van der Waals surface area contributed by atoms with Gasteiger partial charge in [-0.15, -0.1) is 0 Å². The van der Waals surface area contributed by atoms with Crippen molar-refractivity contribution in [1.82, 2.24) is 9.88 Å². The molecule has 6 rings (SSSR count). The SMILES string of the molecule is CN1CCN(c2ccc(N=Cc3c(O)[nH]c4cc(C(=O)c5cccc(NC(=O)c6c(F)cccc6Cl)c5)ccc34)cc2)CC1. The van der Waals surface area contributed by atoms with E-state index in [0.717, 1.165) is 43.6 Å². The molecule has 0 unspecified atom stereocenters. The number of amides is 1. The Morgan fingerprint density at radius 2 is 1.68 bits per heavy atom. The molecule has 4 aromatic carbocycles. The van der Waals surface area contributed by atoms with Crippen LogP contribution in [0.4, 0.5) is 21.5 Å². The number of benzene rings is 4. The molecule has 5 aromatic rings. The summed E-state index contributed by atoms with van der Waals surface area (Å²) in [6.07, 6.45) is 1.61. The van der Waals surface area contributed by atoms with E-state index in [1.165, 1.54) is 18.2 Å². The lowest BCUT2D eigenvalue weighted by atomic mass is 10.0. The maximum absolute atomic E-state index is 14.2. The van der Waals surface area contributed by atoms with Crippen LogP contribution in [0.3, 0.4) is 0 Å². The highest BCUT2D eigenvalue weighted by Crippen LogP contribution is 2.29. The number of hydrogen-bond donors (Lipinski definition) is 3. The molecule has 1 amide bonds. The fraction of sp³-hybridized carbons (Fsp3) is 0.147. The van der Waals surface area contributed by atoms with Gasteiger partial charge in [0.05, 0.1) is 21.8 Å². The van der Waals surface area contributed by atoms with Crippen LogP contribution in [0.2, 0.25) is 5.02 Å². The maximum Gasteiger partial charge on any atom is 0.260 e. The lowest BCUT2D eigenvalue weighted by Crippen LogP contribution is -2.44. The van der Waals surface area contributed by atoms with Gasteiger partial charge >= 0.3 is 0 Å². The third-order valence-corrected chi connectivity index (χ3v) is 8.03. The number of aromatic nitrogens is 1. The Morgan fingerprint density at radius 1 is 0.955 bits per heavy atom. The number of anilines is 2. The van der Waals surface area contributed by atoms with E-state index in [0.29, 0.717) is 33.3 Å². The highest BCUT2D eigenvalue weighted by atomic mass is 35.5. The first-order chi connectivity index (χ1) is 21.3. The number of likely N-dealkylation sites (N-methyl/N-ethyl adjacent to an activating group) is 1. The van der Waals surface area contributed by atoms with Gasteiger partial charge in [-0.1, -0.05) is 41.9 Å². The van der Waals surface area contributed by atoms with E-state index in [1.807, 2.05) is 12.1 Å². The molecule has 0 spiro atoms. The molecule has 44 heavy (non-hydrogen) atoms. The molecule has 0 atom stereocenters. The van der Waals surface area contributed by atoms with Gasteiger partial charge in [0.15, 0.2) is 11.7 Å². The quantitative estimate of drug-likeness (QED) is 0.142. The topological polar surface area (TPSA) is 101 Å². The Bertz CT molecular complexity index is 1880. The Labute approximate surface area is 258 Å². The number of nitrogens with one attached hydrogen (secondary N) is 2. The molecule has 0 aliphatic carbocycles. The minimum Gasteiger partial charge on any atom is -0.494 e. The van der Waals surface area contributed by atoms with Crippen LogP contribution in [0.5, 0.6) is 5.88 Å². The van der Waals surface area contributed by atoms with Crippen LogP contribution in [0.25, 0.3) is 10.9 Å². The van der Waals surface area contributed by atoms with E-state index in [4.69, 9.17) is 11.6 Å². The molecule has 2 heterocycles. The van der Waals surface area contributed by atoms with E-state index in [9.17, 15) is 19.1 Å². The van der Waals surface area contributed by atoms with Gasteiger partial charge in [0.1, 0.15) is 5.82 Å². The number of rotatable bonds is 7. The summed E-state index contributed by atoms with van der Waals surface area (Å²) in [5.74, 6) is -1.81. The Morgan fingerprint density at radius 3 is 2.43 bits per heavy atom. The zero-order valence-corrected chi connectivity index (χ0v) is 24.6. The summed E-state index contributed by atoms with van der Waals surface area (Å²) >= 11 is 6.01. The minimum absolute atomic E-state index is 0.0132. The average Bonchev–Trinajstić information content (AvgIpc) is 3.34. The third-order valence-electron chi connectivity index (χ3n) is 7.71. The van der Waals surface area contributed by atoms with E-state index >= 15 is 0 Å². The molecule has 0 bridgehead atoms. The Hall–Kier alpha value is -4.99. The number of halogens is 2. The molecule has 1 aromatic heterocycles. The second-order valence-corrected chi connectivity index (χ2v) is 11.1. The standard InChI is InChI=1S/C34H29ClFN5O3/c1-40-14-16-41(17-15-40)25-11-9-23(10-12-25)37-20-27-26-13-8-22(19-30(26)39-33(27)43)32(42)21-4-2-5-24(18-21)38-34(44)31-28(35)6-3-7-29(31)36/h2-13,18-20,39,43H,14-17H2,1H3,(H,38,44). The van der Waals surface area contributed by atoms with Gasteiger partial charge in [0.25, 0.3) is 5.91 Å². The van der Waals surface area contributed by atoms with E-state index in [1.54, 1.807) is 42.6 Å². The van der Waals surface area contributed by atoms with Gasteiger partial charge in [-0.25, -0.2) is 4.39 Å². The van der Waals surface area contributed by atoms with Crippen molar-refractivity contribution in [3.63, 3.8) is 0 Å². The van der Waals surface area contributed by atoms with Crippen molar-refractivity contribution in [2.75, 3.05) is 43.4 Å². The molecular weight excluding hydrogens is 581 g/mol. The van der Waals surface area contributed by atoms with Crippen molar-refractivity contribution in [3.8, 4) is 5.88 Å². The number of hydrogen-bond acceptors (Lipinski definition) is 6. The van der Waals surface area contributed by atoms with E-state index < -0.39 is 11.7 Å². The number of carbonyl (C=O) groups is 2. The van der Waals surface area contributed by atoms with Crippen molar-refractivity contribution in [3.05, 3.63) is 118 Å². The first-order valence-corrected chi connectivity index (χ1v) is 14.5. The molecule has 1 fully saturated rings. The molecule has 1 aliphatic heterocycles. The number of H-pyrrole nitrogens is 1. The van der Waals surface area contributed by atoms with Gasteiger partial charge in [0, 0.05) is 65.8 Å². The van der Waals surface area contributed by atoms with E-state index in [2.05, 4.69) is 44.3 Å². The molecule has 8 nitrogen and oxygen atoms in total. The van der Waals surface area contributed by atoms with Crippen LogP contribution in [-0.2, 0) is 0 Å². The summed E-state index contributed by atoms with van der Waals surface area (Å²) in [6, 6.07) is 23.4. The minimum atomic E-state index is -0.742. The Kier molecular flexibility index (Phi) is 8.15. The smallest absolute Gasteiger partial charge is 0.260 e. The molecule has 10 heteroatoms. The number of fused-ring (bicyclic) bond motifs is 1. The van der Waals surface area contributed by atoms with Crippen LogP contribution in [-0.4, -0.2) is 66.1 Å². The fourth-order valence-corrected chi connectivity index (χ4v) is 5.49. The van der Waals surface area contributed by atoms with Crippen LogP contribution in [0.15, 0.2) is 89.9 Å². The molecule has 0 saturated carbocycles. The summed E-state index contributed by atoms with van der Waals surface area (Å²) in [5, 5.41) is 13.9. The highest BCUT2D eigenvalue weighted by Gasteiger charge is 2.18. The van der Waals surface area contributed by atoms with Gasteiger partial charge < -0.3 is 25.2 Å². The highest BCUT2D eigenvalue weighted by molar-refractivity contribution is 6.34. The van der Waals surface area contributed by atoms with Crippen LogP contribution >= 0.6 is 11.6 Å². The third kappa shape index (κ3) is 6.06. The van der Waals surface area contributed by atoms with Crippen LogP contribution < -0.4 is 10.2 Å². The first kappa shape index (κ1) is 29.1. The monoisotopic (exact) mass is 609 g/mol. The number of aromatic hydroxyl groups is 1. The predicted molar refractivity (Wildman–Crippen MR) is 173 cm³/mol. The van der Waals surface area contributed by atoms with Crippen LogP contribution in [0.1, 0.15) is 31.8 Å². The number of nitrogens with zero attached hydrogens (tertiary/aromatic N) is 3. The van der Waals surface area contributed by atoms with Crippen molar-refractivity contribution in [1.29, 1.82) is 0 Å². The average molecular weight is 610 g/mol. The molecule has 1 aliphatic rings. The van der Waals surface area contributed by atoms with Crippen molar-refractivity contribution >= 4 is 57.5 Å². The lowest BCUT2D eigenvalue weighted by Gasteiger charge is -2.34. The number of carbonyl (C=O) groups excluding carboxylic acids is 2. The normalized spacial score (nSPS) is 13.9. The predicted octanol–water partition coefficient (Wildman–Crippen LogP) is 6.65.